The fraction of sp³-hybridized carbons (Fsp3) is 0.350. The van der Waals surface area contributed by atoms with Crippen LogP contribution in [0.5, 0.6) is 5.75 Å². The Labute approximate surface area is 143 Å². The van der Waals surface area contributed by atoms with Gasteiger partial charge in [-0.05, 0) is 42.7 Å². The van der Waals surface area contributed by atoms with Crippen molar-refractivity contribution < 1.29 is 9.53 Å². The van der Waals surface area contributed by atoms with Crippen molar-refractivity contribution in [1.29, 1.82) is 0 Å². The molecule has 1 aliphatic heterocycles. The van der Waals surface area contributed by atoms with Gasteiger partial charge in [-0.1, -0.05) is 30.3 Å². The van der Waals surface area contributed by atoms with Crippen LogP contribution in [0.1, 0.15) is 25.3 Å². The normalized spacial score (nSPS) is 15.9. The van der Waals surface area contributed by atoms with Crippen LogP contribution >= 0.6 is 0 Å². The highest BCUT2D eigenvalue weighted by atomic mass is 16.5. The van der Waals surface area contributed by atoms with Gasteiger partial charge in [0.1, 0.15) is 11.9 Å². The van der Waals surface area contributed by atoms with E-state index in [0.717, 1.165) is 43.9 Å². The zero-order chi connectivity index (χ0) is 16.8. The standard InChI is InChI=1S/C20H24N2O2/c1-16(23)21-18-9-7-17(8-10-18)15-22-13-11-20(12-14-22)24-19-5-3-2-4-6-19/h2-10,20H,11-15H2,1H3,(H,21,23). The molecule has 0 radical (unpaired) electrons. The first kappa shape index (κ1) is 16.5. The number of hydrogen-bond donors (Lipinski definition) is 1. The molecule has 126 valence electrons. The first-order valence-corrected chi connectivity index (χ1v) is 8.49. The Bertz CT molecular complexity index is 647. The lowest BCUT2D eigenvalue weighted by Crippen LogP contribution is -2.37. The van der Waals surface area contributed by atoms with Crippen LogP contribution < -0.4 is 10.1 Å². The monoisotopic (exact) mass is 324 g/mol. The molecule has 1 saturated heterocycles. The van der Waals surface area contributed by atoms with E-state index in [2.05, 4.69) is 22.3 Å². The summed E-state index contributed by atoms with van der Waals surface area (Å²) in [5.41, 5.74) is 2.12. The summed E-state index contributed by atoms with van der Waals surface area (Å²) >= 11 is 0. The van der Waals surface area contributed by atoms with Crippen LogP contribution in [0.3, 0.4) is 0 Å². The number of benzene rings is 2. The van der Waals surface area contributed by atoms with Gasteiger partial charge in [-0.2, -0.15) is 0 Å². The van der Waals surface area contributed by atoms with Crippen LogP contribution in [0, 0.1) is 0 Å². The van der Waals surface area contributed by atoms with Gasteiger partial charge in [-0.25, -0.2) is 0 Å². The summed E-state index contributed by atoms with van der Waals surface area (Å²) in [5.74, 6) is 0.924. The van der Waals surface area contributed by atoms with E-state index in [0.29, 0.717) is 6.10 Å². The lowest BCUT2D eigenvalue weighted by molar-refractivity contribution is -0.114. The third-order valence-electron chi connectivity index (χ3n) is 4.26. The van der Waals surface area contributed by atoms with Crippen molar-refractivity contribution in [2.45, 2.75) is 32.4 Å². The van der Waals surface area contributed by atoms with Gasteiger partial charge >= 0.3 is 0 Å². The number of ether oxygens (including phenoxy) is 1. The average molecular weight is 324 g/mol. The molecule has 1 amide bonds. The zero-order valence-corrected chi connectivity index (χ0v) is 14.1. The number of likely N-dealkylation sites (tertiary alicyclic amines) is 1. The second-order valence-corrected chi connectivity index (χ2v) is 6.28. The molecule has 2 aromatic carbocycles. The summed E-state index contributed by atoms with van der Waals surface area (Å²) in [6.07, 6.45) is 2.42. The second-order valence-electron chi connectivity index (χ2n) is 6.28. The van der Waals surface area contributed by atoms with Crippen LogP contribution in [0.25, 0.3) is 0 Å². The SMILES string of the molecule is CC(=O)Nc1ccc(CN2CCC(Oc3ccccc3)CC2)cc1. The molecule has 0 aromatic heterocycles. The van der Waals surface area contributed by atoms with Gasteiger partial charge in [-0.3, -0.25) is 9.69 Å². The first-order valence-electron chi connectivity index (χ1n) is 8.49. The molecule has 1 heterocycles. The fourth-order valence-corrected chi connectivity index (χ4v) is 3.03. The summed E-state index contributed by atoms with van der Waals surface area (Å²) < 4.78 is 6.04. The number of hydrogen-bond acceptors (Lipinski definition) is 3. The maximum atomic E-state index is 11.0. The van der Waals surface area contributed by atoms with Gasteiger partial charge in [0.25, 0.3) is 0 Å². The maximum absolute atomic E-state index is 11.0. The topological polar surface area (TPSA) is 41.6 Å². The van der Waals surface area contributed by atoms with Gasteiger partial charge < -0.3 is 10.1 Å². The van der Waals surface area contributed by atoms with E-state index in [4.69, 9.17) is 4.74 Å². The van der Waals surface area contributed by atoms with Crippen molar-refractivity contribution in [2.75, 3.05) is 18.4 Å². The van der Waals surface area contributed by atoms with E-state index < -0.39 is 0 Å². The number of carbonyl (C=O) groups is 1. The second kappa shape index (κ2) is 7.97. The van der Waals surface area contributed by atoms with Crippen LogP contribution in [-0.2, 0) is 11.3 Å². The van der Waals surface area contributed by atoms with Crippen molar-refractivity contribution in [3.05, 3.63) is 60.2 Å². The summed E-state index contributed by atoms with van der Waals surface area (Å²) in [5, 5.41) is 2.80. The van der Waals surface area contributed by atoms with E-state index in [1.807, 2.05) is 42.5 Å². The Kier molecular flexibility index (Phi) is 5.49. The Morgan fingerprint density at radius 1 is 1.08 bits per heavy atom. The van der Waals surface area contributed by atoms with Gasteiger partial charge in [0.05, 0.1) is 0 Å². The fourth-order valence-electron chi connectivity index (χ4n) is 3.03. The lowest BCUT2D eigenvalue weighted by atomic mass is 10.1. The summed E-state index contributed by atoms with van der Waals surface area (Å²) in [6.45, 7) is 4.56. The summed E-state index contributed by atoms with van der Waals surface area (Å²) in [4.78, 5) is 13.5. The quantitative estimate of drug-likeness (QED) is 0.912. The molecule has 2 aromatic rings. The van der Waals surface area contributed by atoms with Crippen molar-refractivity contribution >= 4 is 11.6 Å². The Balaban J connectivity index is 1.46. The third kappa shape index (κ3) is 4.83. The van der Waals surface area contributed by atoms with Crippen LogP contribution in [0.15, 0.2) is 54.6 Å². The third-order valence-corrected chi connectivity index (χ3v) is 4.26. The molecular formula is C20H24N2O2. The molecule has 24 heavy (non-hydrogen) atoms. The Morgan fingerprint density at radius 2 is 1.75 bits per heavy atom. The number of piperidine rings is 1. The highest BCUT2D eigenvalue weighted by Crippen LogP contribution is 2.20. The lowest BCUT2D eigenvalue weighted by Gasteiger charge is -2.32. The molecular weight excluding hydrogens is 300 g/mol. The van der Waals surface area contributed by atoms with E-state index >= 15 is 0 Å². The van der Waals surface area contributed by atoms with Gasteiger partial charge in [0, 0.05) is 32.2 Å². The van der Waals surface area contributed by atoms with Crippen molar-refractivity contribution in [3.63, 3.8) is 0 Å². The molecule has 0 saturated carbocycles. The molecule has 1 aliphatic rings. The zero-order valence-electron chi connectivity index (χ0n) is 14.1. The number of nitrogens with one attached hydrogen (secondary N) is 1. The Hall–Kier alpha value is -2.33. The molecule has 1 N–H and O–H groups in total. The Morgan fingerprint density at radius 3 is 2.38 bits per heavy atom. The predicted molar refractivity (Wildman–Crippen MR) is 96.1 cm³/mol. The van der Waals surface area contributed by atoms with Gasteiger partial charge in [-0.15, -0.1) is 0 Å². The van der Waals surface area contributed by atoms with Crippen LogP contribution in [0.4, 0.5) is 5.69 Å². The van der Waals surface area contributed by atoms with Crippen molar-refractivity contribution in [3.8, 4) is 5.75 Å². The number of nitrogens with zero attached hydrogens (tertiary/aromatic N) is 1. The highest BCUT2D eigenvalue weighted by molar-refractivity contribution is 5.88. The maximum Gasteiger partial charge on any atom is 0.221 e. The number of para-hydroxylation sites is 1. The number of rotatable bonds is 5. The molecule has 4 nitrogen and oxygen atoms in total. The molecule has 0 spiro atoms. The number of amides is 1. The molecule has 0 atom stereocenters. The van der Waals surface area contributed by atoms with E-state index in [1.165, 1.54) is 12.5 Å². The first-order chi connectivity index (χ1) is 11.7. The highest BCUT2D eigenvalue weighted by Gasteiger charge is 2.20. The largest absolute Gasteiger partial charge is 0.490 e. The molecule has 0 aliphatic carbocycles. The van der Waals surface area contributed by atoms with Crippen LogP contribution in [0.2, 0.25) is 0 Å². The van der Waals surface area contributed by atoms with E-state index in [9.17, 15) is 4.79 Å². The van der Waals surface area contributed by atoms with E-state index in [1.54, 1.807) is 0 Å². The smallest absolute Gasteiger partial charge is 0.221 e. The summed E-state index contributed by atoms with van der Waals surface area (Å²) in [7, 11) is 0. The number of anilines is 1. The minimum absolute atomic E-state index is 0.0387. The minimum Gasteiger partial charge on any atom is -0.490 e. The number of carbonyl (C=O) groups excluding carboxylic acids is 1. The van der Waals surface area contributed by atoms with Crippen molar-refractivity contribution in [2.24, 2.45) is 0 Å². The average Bonchev–Trinajstić information content (AvgIpc) is 2.59. The molecule has 1 fully saturated rings. The molecule has 0 bridgehead atoms. The van der Waals surface area contributed by atoms with Gasteiger partial charge in [0.2, 0.25) is 5.91 Å². The van der Waals surface area contributed by atoms with Crippen molar-refractivity contribution in [1.82, 2.24) is 4.90 Å². The molecule has 4 heteroatoms. The minimum atomic E-state index is -0.0387. The predicted octanol–water partition coefficient (Wildman–Crippen LogP) is 3.69. The summed E-state index contributed by atoms with van der Waals surface area (Å²) in [6, 6.07) is 18.1. The van der Waals surface area contributed by atoms with Gasteiger partial charge in [0.15, 0.2) is 0 Å². The molecule has 3 rings (SSSR count). The van der Waals surface area contributed by atoms with E-state index in [-0.39, 0.29) is 5.91 Å². The molecule has 0 unspecified atom stereocenters. The van der Waals surface area contributed by atoms with Crippen LogP contribution in [-0.4, -0.2) is 30.0 Å².